The van der Waals surface area contributed by atoms with E-state index in [4.69, 9.17) is 14.0 Å². The number of carbonyl (C=O) groups is 2. The molecule has 1 aromatic heterocycles. The molecule has 0 N–H and O–H groups in total. The van der Waals surface area contributed by atoms with Crippen LogP contribution in [0.3, 0.4) is 0 Å². The molecule has 0 aliphatic carbocycles. The van der Waals surface area contributed by atoms with Crippen LogP contribution in [-0.4, -0.2) is 23.5 Å². The lowest BCUT2D eigenvalue weighted by molar-refractivity contribution is -0.146. The fourth-order valence-corrected chi connectivity index (χ4v) is 4.26. The number of esters is 1. The summed E-state index contributed by atoms with van der Waals surface area (Å²) in [6.07, 6.45) is -4.56. The number of nitrogens with zero attached hydrogens (tertiary/aromatic N) is 1. The minimum absolute atomic E-state index is 0.0858. The van der Waals surface area contributed by atoms with E-state index in [1.807, 2.05) is 37.3 Å². The summed E-state index contributed by atoms with van der Waals surface area (Å²) in [6.45, 7) is 5.59. The lowest BCUT2D eigenvalue weighted by atomic mass is 9.91. The Morgan fingerprint density at radius 3 is 2.30 bits per heavy atom. The van der Waals surface area contributed by atoms with Crippen LogP contribution in [0.15, 0.2) is 77.3 Å². The maximum atomic E-state index is 13.5. The van der Waals surface area contributed by atoms with Crippen molar-refractivity contribution in [3.8, 4) is 17.1 Å². The number of halogens is 3. The first-order chi connectivity index (χ1) is 19.1. The van der Waals surface area contributed by atoms with E-state index in [0.717, 1.165) is 23.3 Å². The van der Waals surface area contributed by atoms with Gasteiger partial charge in [-0.3, -0.25) is 9.59 Å². The molecule has 0 saturated carbocycles. The van der Waals surface area contributed by atoms with E-state index in [-0.39, 0.29) is 18.8 Å². The Bertz CT molecular complexity index is 1480. The van der Waals surface area contributed by atoms with E-state index in [9.17, 15) is 22.8 Å². The summed E-state index contributed by atoms with van der Waals surface area (Å²) < 4.78 is 55.3. The number of benzene rings is 3. The fourth-order valence-electron chi connectivity index (χ4n) is 4.26. The molecule has 1 atom stereocenters. The number of Topliss-reactive ketones (excluding diaryl/α,β-unsaturated/α-hetero) is 1. The van der Waals surface area contributed by atoms with Gasteiger partial charge in [-0.25, -0.2) is 0 Å². The van der Waals surface area contributed by atoms with Crippen LogP contribution in [0.2, 0.25) is 0 Å². The molecule has 9 heteroatoms. The Hall–Kier alpha value is -4.40. The number of ether oxygens (including phenoxy) is 2. The average molecular weight is 552 g/mol. The zero-order valence-corrected chi connectivity index (χ0v) is 22.2. The molecular weight excluding hydrogens is 523 g/mol. The van der Waals surface area contributed by atoms with Gasteiger partial charge in [-0.05, 0) is 62.2 Å². The van der Waals surface area contributed by atoms with Crippen LogP contribution in [-0.2, 0) is 28.7 Å². The zero-order chi connectivity index (χ0) is 28.9. The molecule has 0 amide bonds. The van der Waals surface area contributed by atoms with Gasteiger partial charge in [0.2, 0.25) is 0 Å². The Morgan fingerprint density at radius 2 is 1.68 bits per heavy atom. The number of carbonyl (C=O) groups excluding carboxylic acids is 2. The standard InChI is InChI=1S/C31H28F3NO5/c1-4-38-30(37)25(17-26-20(3)29(40-35-26)22-10-13-24(14-11-22)31(32,33)34)28(36)23-12-15-27(19(2)16-23)39-18-21-8-6-5-7-9-21/h5-16,25H,4,17-18H2,1-3H3. The van der Waals surface area contributed by atoms with Gasteiger partial charge < -0.3 is 14.0 Å². The molecule has 0 fully saturated rings. The van der Waals surface area contributed by atoms with Crippen LogP contribution in [0.25, 0.3) is 11.3 Å². The highest BCUT2D eigenvalue weighted by Gasteiger charge is 2.33. The van der Waals surface area contributed by atoms with Crippen LogP contribution in [0.4, 0.5) is 13.2 Å². The highest BCUT2D eigenvalue weighted by atomic mass is 19.4. The summed E-state index contributed by atoms with van der Waals surface area (Å²) in [5, 5.41) is 4.03. The van der Waals surface area contributed by atoms with E-state index in [2.05, 4.69) is 5.16 Å². The highest BCUT2D eigenvalue weighted by molar-refractivity contribution is 6.09. The van der Waals surface area contributed by atoms with Crippen molar-refractivity contribution in [3.05, 3.63) is 106 Å². The normalized spacial score (nSPS) is 12.2. The Balaban J connectivity index is 1.54. The Labute approximate surface area is 229 Å². The minimum Gasteiger partial charge on any atom is -0.489 e. The molecule has 4 aromatic rings. The Kier molecular flexibility index (Phi) is 8.72. The number of ketones is 1. The van der Waals surface area contributed by atoms with Gasteiger partial charge in [-0.1, -0.05) is 47.6 Å². The summed E-state index contributed by atoms with van der Waals surface area (Å²) in [5.41, 5.74) is 2.50. The van der Waals surface area contributed by atoms with E-state index < -0.39 is 29.4 Å². The topological polar surface area (TPSA) is 78.6 Å². The molecule has 3 aromatic carbocycles. The third kappa shape index (κ3) is 6.59. The van der Waals surface area contributed by atoms with Gasteiger partial charge >= 0.3 is 12.1 Å². The number of hydrogen-bond acceptors (Lipinski definition) is 6. The second-order valence-corrected chi connectivity index (χ2v) is 9.29. The zero-order valence-electron chi connectivity index (χ0n) is 22.2. The number of aryl methyl sites for hydroxylation is 1. The monoisotopic (exact) mass is 551 g/mol. The summed E-state index contributed by atoms with van der Waals surface area (Å²) >= 11 is 0. The Morgan fingerprint density at radius 1 is 0.975 bits per heavy atom. The van der Waals surface area contributed by atoms with Crippen molar-refractivity contribution in [3.63, 3.8) is 0 Å². The predicted molar refractivity (Wildman–Crippen MR) is 142 cm³/mol. The van der Waals surface area contributed by atoms with Gasteiger partial charge in [0.1, 0.15) is 18.3 Å². The molecule has 0 spiro atoms. The van der Waals surface area contributed by atoms with Crippen LogP contribution in [0.1, 0.15) is 45.2 Å². The molecule has 0 bridgehead atoms. The van der Waals surface area contributed by atoms with Crippen molar-refractivity contribution in [2.24, 2.45) is 5.92 Å². The van der Waals surface area contributed by atoms with Crippen LogP contribution in [0, 0.1) is 19.8 Å². The fraction of sp³-hybridized carbons (Fsp3) is 0.258. The smallest absolute Gasteiger partial charge is 0.416 e. The maximum Gasteiger partial charge on any atom is 0.416 e. The van der Waals surface area contributed by atoms with Gasteiger partial charge in [0.15, 0.2) is 11.5 Å². The lowest BCUT2D eigenvalue weighted by Gasteiger charge is -2.15. The second kappa shape index (κ2) is 12.2. The number of hydrogen-bond donors (Lipinski definition) is 0. The third-order valence-corrected chi connectivity index (χ3v) is 6.48. The van der Waals surface area contributed by atoms with Gasteiger partial charge in [-0.15, -0.1) is 0 Å². The van der Waals surface area contributed by atoms with Crippen molar-refractivity contribution in [1.29, 1.82) is 0 Å². The van der Waals surface area contributed by atoms with E-state index in [0.29, 0.717) is 34.7 Å². The van der Waals surface area contributed by atoms with Crippen molar-refractivity contribution < 1.29 is 36.8 Å². The van der Waals surface area contributed by atoms with E-state index in [1.165, 1.54) is 12.1 Å². The molecule has 0 aliphatic heterocycles. The first-order valence-electron chi connectivity index (χ1n) is 12.7. The molecule has 4 rings (SSSR count). The molecule has 0 aliphatic rings. The maximum absolute atomic E-state index is 13.5. The average Bonchev–Trinajstić information content (AvgIpc) is 3.30. The van der Waals surface area contributed by atoms with Crippen molar-refractivity contribution >= 4 is 11.8 Å². The second-order valence-electron chi connectivity index (χ2n) is 9.29. The highest BCUT2D eigenvalue weighted by Crippen LogP contribution is 2.33. The molecule has 6 nitrogen and oxygen atoms in total. The number of aromatic nitrogens is 1. The molecule has 0 saturated heterocycles. The number of alkyl halides is 3. The van der Waals surface area contributed by atoms with E-state index in [1.54, 1.807) is 32.0 Å². The summed E-state index contributed by atoms with van der Waals surface area (Å²) in [4.78, 5) is 26.4. The first-order valence-corrected chi connectivity index (χ1v) is 12.7. The van der Waals surface area contributed by atoms with Gasteiger partial charge in [0, 0.05) is 23.1 Å². The minimum atomic E-state index is -4.46. The largest absolute Gasteiger partial charge is 0.489 e. The predicted octanol–water partition coefficient (Wildman–Crippen LogP) is 7.16. The molecule has 1 unspecified atom stereocenters. The SMILES string of the molecule is CCOC(=O)C(Cc1noc(-c2ccc(C(F)(F)F)cc2)c1C)C(=O)c1ccc(OCc2ccccc2)c(C)c1. The summed E-state index contributed by atoms with van der Waals surface area (Å²) in [5.74, 6) is -1.47. The van der Waals surface area contributed by atoms with Crippen molar-refractivity contribution in [2.45, 2.75) is 40.0 Å². The lowest BCUT2D eigenvalue weighted by Crippen LogP contribution is -2.29. The quantitative estimate of drug-likeness (QED) is 0.118. The van der Waals surface area contributed by atoms with Gasteiger partial charge in [0.25, 0.3) is 0 Å². The van der Waals surface area contributed by atoms with Crippen LogP contribution < -0.4 is 4.74 Å². The molecule has 1 heterocycles. The third-order valence-electron chi connectivity index (χ3n) is 6.48. The van der Waals surface area contributed by atoms with Crippen molar-refractivity contribution in [2.75, 3.05) is 6.61 Å². The van der Waals surface area contributed by atoms with Gasteiger partial charge in [0.05, 0.1) is 17.9 Å². The molecular formula is C31H28F3NO5. The van der Waals surface area contributed by atoms with E-state index >= 15 is 0 Å². The van der Waals surface area contributed by atoms with Crippen LogP contribution in [0.5, 0.6) is 5.75 Å². The first kappa shape index (κ1) is 28.6. The van der Waals surface area contributed by atoms with Gasteiger partial charge in [-0.2, -0.15) is 13.2 Å². The molecule has 0 radical (unpaired) electrons. The van der Waals surface area contributed by atoms with Crippen LogP contribution >= 0.6 is 0 Å². The molecule has 208 valence electrons. The summed E-state index contributed by atoms with van der Waals surface area (Å²) in [6, 6.07) is 19.1. The number of rotatable bonds is 10. The molecule has 40 heavy (non-hydrogen) atoms. The van der Waals surface area contributed by atoms with Crippen molar-refractivity contribution in [1.82, 2.24) is 5.16 Å². The summed E-state index contributed by atoms with van der Waals surface area (Å²) in [7, 11) is 0.